The fourth-order valence-corrected chi connectivity index (χ4v) is 1.72. The van der Waals surface area contributed by atoms with E-state index < -0.39 is 6.61 Å². The summed E-state index contributed by atoms with van der Waals surface area (Å²) in [5, 5.41) is 11.1. The molecule has 0 amide bonds. The van der Waals surface area contributed by atoms with Crippen molar-refractivity contribution in [3.63, 3.8) is 0 Å². The summed E-state index contributed by atoms with van der Waals surface area (Å²) in [5.41, 5.74) is 0.659. The lowest BCUT2D eigenvalue weighted by atomic mass is 10.2. The van der Waals surface area contributed by atoms with Crippen LogP contribution in [0.15, 0.2) is 28.7 Å². The van der Waals surface area contributed by atoms with Crippen LogP contribution in [-0.4, -0.2) is 29.4 Å². The topological polar surface area (TPSA) is 60.2 Å². The average Bonchev–Trinajstić information content (AvgIpc) is 2.87. The molecule has 7 heteroatoms. The predicted molar refractivity (Wildman–Crippen MR) is 73.2 cm³/mol. The Balaban J connectivity index is 1.97. The number of alkyl halides is 2. The second kappa shape index (κ2) is 7.12. The zero-order chi connectivity index (χ0) is 15.2. The van der Waals surface area contributed by atoms with Gasteiger partial charge in [0.25, 0.3) is 0 Å². The number of aromatic nitrogens is 2. The molecule has 5 nitrogen and oxygen atoms in total. The molecule has 0 aliphatic rings. The van der Waals surface area contributed by atoms with E-state index in [1.807, 2.05) is 0 Å². The zero-order valence-electron chi connectivity index (χ0n) is 11.8. The minimum Gasteiger partial charge on any atom is -0.435 e. The maximum Gasteiger partial charge on any atom is 0.387 e. The number of halogens is 2. The molecule has 0 unspecified atom stereocenters. The Morgan fingerprint density at radius 1 is 1.19 bits per heavy atom. The standard InChI is InChI=1S/C14H17F2N3O2/c1-9(2)17-8-7-12-18-19-13(21-12)10-3-5-11(6-4-10)20-14(15)16/h3-6,9,14,17H,7-8H2,1-2H3. The molecule has 2 aromatic rings. The van der Waals surface area contributed by atoms with Gasteiger partial charge < -0.3 is 14.5 Å². The molecule has 0 aliphatic heterocycles. The molecular weight excluding hydrogens is 280 g/mol. The largest absolute Gasteiger partial charge is 0.435 e. The van der Waals surface area contributed by atoms with Gasteiger partial charge in [0, 0.05) is 24.6 Å². The summed E-state index contributed by atoms with van der Waals surface area (Å²) < 4.78 is 33.9. The van der Waals surface area contributed by atoms with Crippen LogP contribution in [0.5, 0.6) is 5.75 Å². The highest BCUT2D eigenvalue weighted by Crippen LogP contribution is 2.22. The Bertz CT molecular complexity index is 556. The molecule has 0 spiro atoms. The highest BCUT2D eigenvalue weighted by molar-refractivity contribution is 5.53. The Kier molecular flexibility index (Phi) is 5.21. The van der Waals surface area contributed by atoms with Crippen molar-refractivity contribution in [2.45, 2.75) is 32.9 Å². The van der Waals surface area contributed by atoms with E-state index in [0.29, 0.717) is 29.8 Å². The van der Waals surface area contributed by atoms with E-state index in [4.69, 9.17) is 4.42 Å². The number of ether oxygens (including phenoxy) is 1. The minimum absolute atomic E-state index is 0.0922. The molecule has 0 saturated carbocycles. The summed E-state index contributed by atoms with van der Waals surface area (Å²) in [5.74, 6) is 0.985. The molecule has 1 heterocycles. The van der Waals surface area contributed by atoms with E-state index in [9.17, 15) is 8.78 Å². The second-order valence-corrected chi connectivity index (χ2v) is 4.76. The fourth-order valence-electron chi connectivity index (χ4n) is 1.72. The highest BCUT2D eigenvalue weighted by atomic mass is 19.3. The van der Waals surface area contributed by atoms with Crippen molar-refractivity contribution in [3.8, 4) is 17.2 Å². The van der Waals surface area contributed by atoms with Gasteiger partial charge >= 0.3 is 6.61 Å². The van der Waals surface area contributed by atoms with Crippen molar-refractivity contribution in [1.29, 1.82) is 0 Å². The summed E-state index contributed by atoms with van der Waals surface area (Å²) in [6.07, 6.45) is 0.637. The lowest BCUT2D eigenvalue weighted by Crippen LogP contribution is -2.25. The molecule has 114 valence electrons. The molecule has 21 heavy (non-hydrogen) atoms. The molecule has 0 fully saturated rings. The van der Waals surface area contributed by atoms with Gasteiger partial charge in [-0.05, 0) is 24.3 Å². The monoisotopic (exact) mass is 297 g/mol. The van der Waals surface area contributed by atoms with E-state index in [2.05, 4.69) is 34.1 Å². The van der Waals surface area contributed by atoms with Gasteiger partial charge in [-0.25, -0.2) is 0 Å². The quantitative estimate of drug-likeness (QED) is 0.851. The maximum atomic E-state index is 12.1. The number of hydrogen-bond acceptors (Lipinski definition) is 5. The van der Waals surface area contributed by atoms with E-state index >= 15 is 0 Å². The minimum atomic E-state index is -2.83. The van der Waals surface area contributed by atoms with E-state index in [1.54, 1.807) is 12.1 Å². The van der Waals surface area contributed by atoms with E-state index in [1.165, 1.54) is 12.1 Å². The molecule has 0 saturated heterocycles. The van der Waals surface area contributed by atoms with Crippen LogP contribution in [-0.2, 0) is 6.42 Å². The van der Waals surface area contributed by atoms with Crippen molar-refractivity contribution in [2.24, 2.45) is 0 Å². The summed E-state index contributed by atoms with van der Waals surface area (Å²) in [6.45, 7) is 2.03. The van der Waals surface area contributed by atoms with Crippen molar-refractivity contribution < 1.29 is 17.9 Å². The normalized spacial score (nSPS) is 11.3. The Morgan fingerprint density at radius 3 is 2.52 bits per heavy atom. The van der Waals surface area contributed by atoms with Crippen LogP contribution in [0.3, 0.4) is 0 Å². The molecule has 1 aromatic carbocycles. The third kappa shape index (κ3) is 4.78. The SMILES string of the molecule is CC(C)NCCc1nnc(-c2ccc(OC(F)F)cc2)o1. The number of nitrogens with one attached hydrogen (secondary N) is 1. The van der Waals surface area contributed by atoms with Crippen LogP contribution >= 0.6 is 0 Å². The lowest BCUT2D eigenvalue weighted by Gasteiger charge is -2.05. The number of nitrogens with zero attached hydrogens (tertiary/aromatic N) is 2. The summed E-state index contributed by atoms with van der Waals surface area (Å²) >= 11 is 0. The smallest absolute Gasteiger partial charge is 0.387 e. The fraction of sp³-hybridized carbons (Fsp3) is 0.429. The van der Waals surface area contributed by atoms with Crippen LogP contribution in [0.25, 0.3) is 11.5 Å². The molecular formula is C14H17F2N3O2. The molecule has 1 aromatic heterocycles. The first-order valence-electron chi connectivity index (χ1n) is 6.65. The summed E-state index contributed by atoms with van der Waals surface area (Å²) in [6, 6.07) is 6.47. The average molecular weight is 297 g/mol. The number of benzene rings is 1. The van der Waals surface area contributed by atoms with Gasteiger partial charge in [0.15, 0.2) is 0 Å². The zero-order valence-corrected chi connectivity index (χ0v) is 11.8. The van der Waals surface area contributed by atoms with Crippen LogP contribution in [0.1, 0.15) is 19.7 Å². The molecule has 1 N–H and O–H groups in total. The van der Waals surface area contributed by atoms with Crippen LogP contribution in [0.4, 0.5) is 8.78 Å². The third-order valence-corrected chi connectivity index (χ3v) is 2.68. The number of hydrogen-bond donors (Lipinski definition) is 1. The van der Waals surface area contributed by atoms with Crippen LogP contribution < -0.4 is 10.1 Å². The molecule has 0 aliphatic carbocycles. The van der Waals surface area contributed by atoms with Gasteiger partial charge in [-0.15, -0.1) is 10.2 Å². The van der Waals surface area contributed by atoms with Gasteiger partial charge in [-0.3, -0.25) is 0 Å². The van der Waals surface area contributed by atoms with Gasteiger partial charge in [0.1, 0.15) is 5.75 Å². The second-order valence-electron chi connectivity index (χ2n) is 4.76. The van der Waals surface area contributed by atoms with E-state index in [-0.39, 0.29) is 5.75 Å². The van der Waals surface area contributed by atoms with Crippen LogP contribution in [0, 0.1) is 0 Å². The highest BCUT2D eigenvalue weighted by Gasteiger charge is 2.10. The Labute approximate surface area is 121 Å². The predicted octanol–water partition coefficient (Wildman–Crippen LogP) is 2.88. The first-order valence-corrected chi connectivity index (χ1v) is 6.65. The molecule has 0 radical (unpaired) electrons. The van der Waals surface area contributed by atoms with Gasteiger partial charge in [0.05, 0.1) is 0 Å². The lowest BCUT2D eigenvalue weighted by molar-refractivity contribution is -0.0498. The van der Waals surface area contributed by atoms with Gasteiger partial charge in [-0.1, -0.05) is 13.8 Å². The van der Waals surface area contributed by atoms with E-state index in [0.717, 1.165) is 6.54 Å². The Hall–Kier alpha value is -2.02. The van der Waals surface area contributed by atoms with Crippen molar-refractivity contribution in [2.75, 3.05) is 6.54 Å². The Morgan fingerprint density at radius 2 is 1.90 bits per heavy atom. The van der Waals surface area contributed by atoms with Gasteiger partial charge in [-0.2, -0.15) is 8.78 Å². The van der Waals surface area contributed by atoms with Crippen LogP contribution in [0.2, 0.25) is 0 Å². The number of rotatable bonds is 7. The third-order valence-electron chi connectivity index (χ3n) is 2.68. The first kappa shape index (κ1) is 15.4. The van der Waals surface area contributed by atoms with Crippen molar-refractivity contribution in [3.05, 3.63) is 30.2 Å². The maximum absolute atomic E-state index is 12.1. The molecule has 2 rings (SSSR count). The van der Waals surface area contributed by atoms with Crippen molar-refractivity contribution >= 4 is 0 Å². The first-order chi connectivity index (χ1) is 10.0. The molecule has 0 atom stereocenters. The van der Waals surface area contributed by atoms with Gasteiger partial charge in [0.2, 0.25) is 11.8 Å². The summed E-state index contributed by atoms with van der Waals surface area (Å²) in [7, 11) is 0. The molecule has 0 bridgehead atoms. The van der Waals surface area contributed by atoms with Crippen molar-refractivity contribution in [1.82, 2.24) is 15.5 Å². The summed E-state index contributed by atoms with van der Waals surface area (Å²) in [4.78, 5) is 0.